The molecule has 2 aromatic heterocycles. The van der Waals surface area contributed by atoms with Crippen molar-refractivity contribution >= 4 is 29.0 Å². The van der Waals surface area contributed by atoms with E-state index in [1.165, 1.54) is 5.56 Å². The Morgan fingerprint density at radius 2 is 2.18 bits per heavy atom. The van der Waals surface area contributed by atoms with Crippen LogP contribution in [-0.2, 0) is 10.5 Å². The minimum Gasteiger partial charge on any atom is -0.440 e. The highest BCUT2D eigenvalue weighted by molar-refractivity contribution is 7.99. The molecule has 2 aromatic rings. The number of hydrogen-bond donors (Lipinski definition) is 0. The summed E-state index contributed by atoms with van der Waals surface area (Å²) in [5, 5.41) is 2.05. The molecule has 0 atom stereocenters. The smallest absolute Gasteiger partial charge is 0.237 e. The number of hydrogen-bond acceptors (Lipinski definition) is 5. The van der Waals surface area contributed by atoms with Crippen molar-refractivity contribution in [1.82, 2.24) is 9.88 Å². The van der Waals surface area contributed by atoms with Crippen LogP contribution in [0.25, 0.3) is 10.8 Å². The zero-order valence-electron chi connectivity index (χ0n) is 12.9. The Kier molecular flexibility index (Phi) is 4.88. The van der Waals surface area contributed by atoms with Crippen molar-refractivity contribution in [1.29, 1.82) is 0 Å². The summed E-state index contributed by atoms with van der Waals surface area (Å²) < 4.78 is 5.79. The number of carbonyl (C=O) groups is 1. The number of thiophene rings is 1. The summed E-state index contributed by atoms with van der Waals surface area (Å²) in [5.41, 5.74) is 2.14. The fourth-order valence-electron chi connectivity index (χ4n) is 2.54. The van der Waals surface area contributed by atoms with Gasteiger partial charge in [0.2, 0.25) is 11.8 Å². The van der Waals surface area contributed by atoms with Crippen LogP contribution in [-0.4, -0.2) is 34.6 Å². The number of oxazole rings is 1. The first-order valence-corrected chi connectivity index (χ1v) is 9.55. The van der Waals surface area contributed by atoms with Gasteiger partial charge in [-0.3, -0.25) is 4.79 Å². The van der Waals surface area contributed by atoms with E-state index in [-0.39, 0.29) is 5.91 Å². The van der Waals surface area contributed by atoms with Gasteiger partial charge in [-0.25, -0.2) is 4.98 Å². The third-order valence-corrected chi connectivity index (χ3v) is 5.81. The monoisotopic (exact) mass is 336 g/mol. The molecule has 3 heterocycles. The molecule has 0 spiro atoms. The molecule has 22 heavy (non-hydrogen) atoms. The number of likely N-dealkylation sites (tertiary alicyclic amines) is 1. The summed E-state index contributed by atoms with van der Waals surface area (Å²) in [7, 11) is 0. The summed E-state index contributed by atoms with van der Waals surface area (Å²) >= 11 is 3.27. The van der Waals surface area contributed by atoms with E-state index >= 15 is 0 Å². The fraction of sp³-hybridized carbons (Fsp3) is 0.500. The molecule has 118 valence electrons. The zero-order chi connectivity index (χ0) is 15.5. The maximum absolute atomic E-state index is 12.0. The molecule has 0 aliphatic carbocycles. The van der Waals surface area contributed by atoms with Crippen LogP contribution in [0.4, 0.5) is 0 Å². The summed E-state index contributed by atoms with van der Waals surface area (Å²) in [6.45, 7) is 5.85. The van der Waals surface area contributed by atoms with Gasteiger partial charge < -0.3 is 9.32 Å². The first kappa shape index (κ1) is 15.6. The molecule has 0 N–H and O–H groups in total. The molecule has 6 heteroatoms. The van der Waals surface area contributed by atoms with E-state index in [2.05, 4.69) is 18.0 Å². The number of aromatic nitrogens is 1. The molecule has 1 aliphatic rings. The van der Waals surface area contributed by atoms with E-state index < -0.39 is 0 Å². The van der Waals surface area contributed by atoms with Crippen LogP contribution in [0, 0.1) is 13.8 Å². The molecule has 1 aliphatic heterocycles. The molecule has 0 unspecified atom stereocenters. The molecular formula is C16H20N2O2S2. The minimum atomic E-state index is 0.248. The molecule has 3 rings (SSSR count). The molecule has 0 saturated carbocycles. The standard InChI is InChI=1S/C16H20N2O2S2/c1-11-5-8-22-15(11)16-17-13(12(2)20-16)9-21-10-14(19)18-6-3-4-7-18/h5,8H,3-4,6-7,9-10H2,1-2H3. The van der Waals surface area contributed by atoms with Crippen molar-refractivity contribution in [2.75, 3.05) is 18.8 Å². The molecule has 0 aromatic carbocycles. The quantitative estimate of drug-likeness (QED) is 0.831. The van der Waals surface area contributed by atoms with Gasteiger partial charge in [-0.05, 0) is 43.7 Å². The number of thioether (sulfide) groups is 1. The van der Waals surface area contributed by atoms with Gasteiger partial charge in [0.15, 0.2) is 0 Å². The fourth-order valence-corrected chi connectivity index (χ4v) is 4.31. The zero-order valence-corrected chi connectivity index (χ0v) is 14.6. The molecule has 1 saturated heterocycles. The second-order valence-electron chi connectivity index (χ2n) is 5.54. The molecule has 0 bridgehead atoms. The van der Waals surface area contributed by atoms with Crippen molar-refractivity contribution in [2.45, 2.75) is 32.4 Å². The van der Waals surface area contributed by atoms with Gasteiger partial charge in [0, 0.05) is 18.8 Å². The Morgan fingerprint density at radius 1 is 1.41 bits per heavy atom. The lowest BCUT2D eigenvalue weighted by Gasteiger charge is -2.14. The van der Waals surface area contributed by atoms with Gasteiger partial charge in [0.25, 0.3) is 0 Å². The molecule has 0 radical (unpaired) electrons. The van der Waals surface area contributed by atoms with Gasteiger partial charge in [-0.2, -0.15) is 0 Å². The van der Waals surface area contributed by atoms with Crippen molar-refractivity contribution in [3.63, 3.8) is 0 Å². The van der Waals surface area contributed by atoms with Gasteiger partial charge >= 0.3 is 0 Å². The van der Waals surface area contributed by atoms with Crippen LogP contribution < -0.4 is 0 Å². The van der Waals surface area contributed by atoms with E-state index in [9.17, 15) is 4.79 Å². The highest BCUT2D eigenvalue weighted by Gasteiger charge is 2.19. The predicted molar refractivity (Wildman–Crippen MR) is 91.3 cm³/mol. The summed E-state index contributed by atoms with van der Waals surface area (Å²) in [6.07, 6.45) is 2.28. The lowest BCUT2D eigenvalue weighted by molar-refractivity contribution is -0.127. The number of carbonyl (C=O) groups excluding carboxylic acids is 1. The van der Waals surface area contributed by atoms with Crippen molar-refractivity contribution in [3.05, 3.63) is 28.5 Å². The van der Waals surface area contributed by atoms with E-state index in [4.69, 9.17) is 4.42 Å². The molecule has 4 nitrogen and oxygen atoms in total. The maximum Gasteiger partial charge on any atom is 0.237 e. The maximum atomic E-state index is 12.0. The third-order valence-electron chi connectivity index (χ3n) is 3.87. The normalized spacial score (nSPS) is 14.7. The summed E-state index contributed by atoms with van der Waals surface area (Å²) in [5.74, 6) is 3.05. The number of aryl methyl sites for hydroxylation is 2. The van der Waals surface area contributed by atoms with Crippen molar-refractivity contribution in [3.8, 4) is 10.8 Å². The average molecular weight is 336 g/mol. The SMILES string of the molecule is Cc1ccsc1-c1nc(CSCC(=O)N2CCCC2)c(C)o1. The van der Waals surface area contributed by atoms with Crippen LogP contribution >= 0.6 is 23.1 Å². The Balaban J connectivity index is 1.58. The number of amides is 1. The molecule has 1 amide bonds. The Morgan fingerprint density at radius 3 is 2.86 bits per heavy atom. The van der Waals surface area contributed by atoms with Gasteiger partial charge in [-0.1, -0.05) is 0 Å². The van der Waals surface area contributed by atoms with Gasteiger partial charge in [0.1, 0.15) is 5.76 Å². The Bertz CT molecular complexity index is 657. The van der Waals surface area contributed by atoms with Gasteiger partial charge in [0.05, 0.1) is 16.3 Å². The average Bonchev–Trinajstić information content (AvgIpc) is 3.20. The number of nitrogens with zero attached hydrogens (tertiary/aromatic N) is 2. The Hall–Kier alpha value is -1.27. The number of rotatable bonds is 5. The molecular weight excluding hydrogens is 316 g/mol. The van der Waals surface area contributed by atoms with E-state index in [1.807, 2.05) is 17.2 Å². The predicted octanol–water partition coefficient (Wildman–Crippen LogP) is 3.88. The van der Waals surface area contributed by atoms with Crippen molar-refractivity contribution < 1.29 is 9.21 Å². The third kappa shape index (κ3) is 3.38. The molecule has 1 fully saturated rings. The van der Waals surface area contributed by atoms with Crippen LogP contribution in [0.5, 0.6) is 0 Å². The lowest BCUT2D eigenvalue weighted by Crippen LogP contribution is -2.29. The minimum absolute atomic E-state index is 0.248. The van der Waals surface area contributed by atoms with E-state index in [0.29, 0.717) is 11.6 Å². The first-order valence-electron chi connectivity index (χ1n) is 7.51. The van der Waals surface area contributed by atoms with Crippen LogP contribution in [0.15, 0.2) is 15.9 Å². The lowest BCUT2D eigenvalue weighted by atomic mass is 10.3. The first-order chi connectivity index (χ1) is 10.6. The van der Waals surface area contributed by atoms with Crippen molar-refractivity contribution in [2.24, 2.45) is 0 Å². The highest BCUT2D eigenvalue weighted by Crippen LogP contribution is 2.30. The summed E-state index contributed by atoms with van der Waals surface area (Å²) in [4.78, 5) is 19.7. The highest BCUT2D eigenvalue weighted by atomic mass is 32.2. The van der Waals surface area contributed by atoms with Crippen LogP contribution in [0.2, 0.25) is 0 Å². The largest absolute Gasteiger partial charge is 0.440 e. The van der Waals surface area contributed by atoms with E-state index in [1.54, 1.807) is 23.1 Å². The Labute approximate surface area is 138 Å². The topological polar surface area (TPSA) is 46.3 Å². The summed E-state index contributed by atoms with van der Waals surface area (Å²) in [6, 6.07) is 2.07. The van der Waals surface area contributed by atoms with Crippen LogP contribution in [0.1, 0.15) is 29.9 Å². The second kappa shape index (κ2) is 6.87. The van der Waals surface area contributed by atoms with Gasteiger partial charge in [-0.15, -0.1) is 23.1 Å². The second-order valence-corrected chi connectivity index (χ2v) is 7.44. The van der Waals surface area contributed by atoms with Crippen LogP contribution in [0.3, 0.4) is 0 Å². The van der Waals surface area contributed by atoms with E-state index in [0.717, 1.165) is 48.0 Å².